The van der Waals surface area contributed by atoms with E-state index in [0.29, 0.717) is 11.8 Å². The van der Waals surface area contributed by atoms with E-state index in [9.17, 15) is 0 Å². The molecule has 7 aromatic carbocycles. The molecule has 0 saturated heterocycles. The van der Waals surface area contributed by atoms with E-state index < -0.39 is 5.41 Å². The van der Waals surface area contributed by atoms with Gasteiger partial charge in [-0.1, -0.05) is 140 Å². The summed E-state index contributed by atoms with van der Waals surface area (Å²) in [6, 6.07) is 59.1. The Morgan fingerprint density at radius 3 is 1.77 bits per heavy atom. The minimum Gasteiger partial charge on any atom is -0.314 e. The normalized spacial score (nSPS) is 13.8. The van der Waals surface area contributed by atoms with Crippen molar-refractivity contribution in [2.75, 3.05) is 4.90 Å². The Morgan fingerprint density at radius 2 is 1.06 bits per heavy atom. The molecule has 53 heavy (non-hydrogen) atoms. The Balaban J connectivity index is 1.25. The van der Waals surface area contributed by atoms with Gasteiger partial charge in [0, 0.05) is 34.0 Å². The van der Waals surface area contributed by atoms with E-state index in [1.807, 2.05) is 30.3 Å². The zero-order valence-electron chi connectivity index (χ0n) is 28.5. The first-order valence-electron chi connectivity index (χ1n) is 18.0. The minimum atomic E-state index is -0.472. The van der Waals surface area contributed by atoms with Crippen molar-refractivity contribution in [3.05, 3.63) is 199 Å². The highest BCUT2D eigenvalue weighted by Crippen LogP contribution is 2.66. The first-order valence-corrected chi connectivity index (χ1v) is 18.0. The third-order valence-corrected chi connectivity index (χ3v) is 11.5. The Labute approximate surface area is 306 Å². The van der Waals surface area contributed by atoms with E-state index >= 15 is 0 Å². The van der Waals surface area contributed by atoms with E-state index in [0.717, 1.165) is 28.2 Å². The van der Waals surface area contributed by atoms with Crippen molar-refractivity contribution in [1.29, 1.82) is 0 Å². The van der Waals surface area contributed by atoms with Crippen LogP contribution in [0.1, 0.15) is 22.3 Å². The lowest BCUT2D eigenvalue weighted by atomic mass is 9.70. The summed E-state index contributed by atoms with van der Waals surface area (Å²) in [6.45, 7) is 0. The Kier molecular flexibility index (Phi) is 5.64. The van der Waals surface area contributed by atoms with Gasteiger partial charge in [-0.3, -0.25) is 4.90 Å². The second-order valence-electron chi connectivity index (χ2n) is 14.0. The first kappa shape index (κ1) is 28.6. The number of para-hydroxylation sites is 2. The van der Waals surface area contributed by atoms with Gasteiger partial charge in [0.15, 0.2) is 5.82 Å². The topological polar surface area (TPSA) is 46.8 Å². The molecular formula is C48H29N5. The maximum atomic E-state index is 5.12. The first-order chi connectivity index (χ1) is 26.3. The number of anilines is 3. The molecule has 2 aliphatic carbocycles. The fourth-order valence-corrected chi connectivity index (χ4v) is 9.51. The van der Waals surface area contributed by atoms with Crippen molar-refractivity contribution in [3.8, 4) is 50.5 Å². The van der Waals surface area contributed by atoms with Gasteiger partial charge in [-0.2, -0.15) is 4.98 Å². The van der Waals surface area contributed by atoms with Crippen LogP contribution in [-0.4, -0.2) is 19.5 Å². The number of aromatic nitrogens is 4. The fraction of sp³-hybridized carbons (Fsp3) is 0.0208. The van der Waals surface area contributed by atoms with Crippen LogP contribution in [0.25, 0.3) is 61.4 Å². The average molecular weight is 676 g/mol. The van der Waals surface area contributed by atoms with Gasteiger partial charge in [0.25, 0.3) is 0 Å². The number of benzene rings is 7. The van der Waals surface area contributed by atoms with Crippen LogP contribution in [0.4, 0.5) is 17.3 Å². The van der Waals surface area contributed by atoms with Crippen molar-refractivity contribution in [1.82, 2.24) is 19.5 Å². The van der Waals surface area contributed by atoms with E-state index in [4.69, 9.17) is 9.97 Å². The Morgan fingerprint density at radius 1 is 0.472 bits per heavy atom. The molecule has 3 heterocycles. The van der Waals surface area contributed by atoms with Gasteiger partial charge in [0.2, 0.25) is 5.95 Å². The lowest BCUT2D eigenvalue weighted by Gasteiger charge is -2.33. The van der Waals surface area contributed by atoms with Crippen LogP contribution in [0.5, 0.6) is 0 Å². The van der Waals surface area contributed by atoms with Crippen LogP contribution in [0.15, 0.2) is 176 Å². The maximum absolute atomic E-state index is 5.12. The molecule has 9 aromatic rings. The molecule has 12 rings (SSSR count). The largest absolute Gasteiger partial charge is 0.314 e. The predicted molar refractivity (Wildman–Crippen MR) is 212 cm³/mol. The lowest BCUT2D eigenvalue weighted by Crippen LogP contribution is -2.26. The van der Waals surface area contributed by atoms with Crippen molar-refractivity contribution in [2.45, 2.75) is 5.41 Å². The molecular weight excluding hydrogens is 647 g/mol. The van der Waals surface area contributed by atoms with E-state index in [-0.39, 0.29) is 0 Å². The van der Waals surface area contributed by atoms with Crippen LogP contribution in [0, 0.1) is 0 Å². The fourth-order valence-electron chi connectivity index (χ4n) is 9.51. The van der Waals surface area contributed by atoms with Crippen molar-refractivity contribution >= 4 is 28.2 Å². The van der Waals surface area contributed by atoms with Gasteiger partial charge < -0.3 is 4.57 Å². The molecule has 1 spiro atoms. The van der Waals surface area contributed by atoms with Gasteiger partial charge in [-0.25, -0.2) is 9.97 Å². The van der Waals surface area contributed by atoms with Gasteiger partial charge in [0.1, 0.15) is 6.33 Å². The molecule has 246 valence electrons. The average Bonchev–Trinajstić information content (AvgIpc) is 3.87. The molecule has 3 aliphatic rings. The van der Waals surface area contributed by atoms with E-state index in [2.05, 4.69) is 154 Å². The van der Waals surface area contributed by atoms with Crippen LogP contribution in [0.2, 0.25) is 0 Å². The zero-order valence-corrected chi connectivity index (χ0v) is 28.5. The summed E-state index contributed by atoms with van der Waals surface area (Å²) in [4.78, 5) is 16.8. The highest BCUT2D eigenvalue weighted by molar-refractivity contribution is 6.20. The zero-order chi connectivity index (χ0) is 34.7. The van der Waals surface area contributed by atoms with Crippen LogP contribution in [0.3, 0.4) is 0 Å². The van der Waals surface area contributed by atoms with E-state index in [1.165, 1.54) is 61.0 Å². The molecule has 5 heteroatoms. The minimum absolute atomic E-state index is 0.472. The number of fused-ring (bicyclic) bond motifs is 13. The summed E-state index contributed by atoms with van der Waals surface area (Å²) in [6.07, 6.45) is 3.92. The summed E-state index contributed by atoms with van der Waals surface area (Å²) in [5.74, 6) is 1.22. The number of rotatable bonds is 3. The highest BCUT2D eigenvalue weighted by atomic mass is 15.3. The van der Waals surface area contributed by atoms with Gasteiger partial charge in [0.05, 0.1) is 22.3 Å². The van der Waals surface area contributed by atoms with Crippen LogP contribution in [-0.2, 0) is 5.41 Å². The molecule has 0 N–H and O–H groups in total. The SMILES string of the molecule is c1ccc(-c2ncnc(N3c4ccccc4-c4cc5c(c6c4c3cn6-c3ccccc3)-c3ccccc3C53c4ccccc4-c4ccccc43)n2)cc1. The molecule has 0 bridgehead atoms. The van der Waals surface area contributed by atoms with Gasteiger partial charge >= 0.3 is 0 Å². The second-order valence-corrected chi connectivity index (χ2v) is 14.0. The van der Waals surface area contributed by atoms with Crippen LogP contribution >= 0.6 is 0 Å². The Hall–Kier alpha value is -7.11. The number of hydrogen-bond acceptors (Lipinski definition) is 4. The molecule has 5 nitrogen and oxygen atoms in total. The molecule has 0 fully saturated rings. The second kappa shape index (κ2) is 10.5. The van der Waals surface area contributed by atoms with Crippen LogP contribution < -0.4 is 4.90 Å². The van der Waals surface area contributed by atoms with Crippen molar-refractivity contribution in [3.63, 3.8) is 0 Å². The smallest absolute Gasteiger partial charge is 0.238 e. The lowest BCUT2D eigenvalue weighted by molar-refractivity contribution is 0.794. The van der Waals surface area contributed by atoms with Gasteiger partial charge in [-0.05, 0) is 68.8 Å². The van der Waals surface area contributed by atoms with Crippen molar-refractivity contribution < 1.29 is 0 Å². The number of hydrogen-bond donors (Lipinski definition) is 0. The van der Waals surface area contributed by atoms with E-state index in [1.54, 1.807) is 6.33 Å². The summed E-state index contributed by atoms with van der Waals surface area (Å²) < 4.78 is 2.40. The van der Waals surface area contributed by atoms with Gasteiger partial charge in [-0.15, -0.1) is 0 Å². The summed E-state index contributed by atoms with van der Waals surface area (Å²) in [5.41, 5.74) is 17.6. The van der Waals surface area contributed by atoms with Crippen molar-refractivity contribution in [2.24, 2.45) is 0 Å². The quantitative estimate of drug-likeness (QED) is 0.187. The molecule has 0 unspecified atom stereocenters. The molecule has 1 aliphatic heterocycles. The summed E-state index contributed by atoms with van der Waals surface area (Å²) in [5, 5.41) is 1.18. The Bertz CT molecular complexity index is 2920. The number of nitrogens with zero attached hydrogens (tertiary/aromatic N) is 5. The maximum Gasteiger partial charge on any atom is 0.238 e. The molecule has 0 radical (unpaired) electrons. The highest BCUT2D eigenvalue weighted by Gasteiger charge is 2.53. The molecule has 0 amide bonds. The predicted octanol–water partition coefficient (Wildman–Crippen LogP) is 11.3. The third-order valence-electron chi connectivity index (χ3n) is 11.5. The molecule has 0 atom stereocenters. The standard InChI is InChI=1S/C48H29N5/c1-3-15-30(16-4-1)46-49-29-50-47(51-46)53-41-26-14-10-21-34(41)36-27-40-43(45-44(36)42(53)28-52(45)31-17-5-2-6-18-31)35-22-9-13-25-39(35)48(40)37-23-11-7-19-32(37)33-20-8-12-24-38(33)48/h1-29H. The summed E-state index contributed by atoms with van der Waals surface area (Å²) in [7, 11) is 0. The molecule has 2 aromatic heterocycles. The third kappa shape index (κ3) is 3.63. The molecule has 0 saturated carbocycles. The summed E-state index contributed by atoms with van der Waals surface area (Å²) >= 11 is 0. The monoisotopic (exact) mass is 675 g/mol.